The van der Waals surface area contributed by atoms with Crippen LogP contribution in [0.2, 0.25) is 26.2 Å². The minimum absolute atomic E-state index is 0.798. The summed E-state index contributed by atoms with van der Waals surface area (Å²) in [7, 11) is -1.60. The highest BCUT2D eigenvalue weighted by Gasteiger charge is 1.96. The average molecular weight is 178 g/mol. The van der Waals surface area contributed by atoms with Crippen molar-refractivity contribution < 1.29 is 8.85 Å². The van der Waals surface area contributed by atoms with E-state index in [1.807, 2.05) is 0 Å². The Balaban J connectivity index is 2.91. The fourth-order valence-electron chi connectivity index (χ4n) is 0.568. The van der Waals surface area contributed by atoms with Crippen LogP contribution in [0.25, 0.3) is 0 Å². The zero-order chi connectivity index (χ0) is 7.98. The van der Waals surface area contributed by atoms with Crippen molar-refractivity contribution in [2.24, 2.45) is 0 Å². The second-order valence-corrected chi connectivity index (χ2v) is 7.70. The van der Waals surface area contributed by atoms with Crippen LogP contribution in [-0.2, 0) is 8.85 Å². The van der Waals surface area contributed by atoms with Crippen LogP contribution in [-0.4, -0.2) is 31.3 Å². The molecule has 0 saturated heterocycles. The molecular weight excluding hydrogens is 160 g/mol. The predicted molar refractivity (Wildman–Crippen MR) is 49.7 cm³/mol. The van der Waals surface area contributed by atoms with Crippen molar-refractivity contribution in [2.75, 3.05) is 13.2 Å². The topological polar surface area (TPSA) is 18.5 Å². The van der Waals surface area contributed by atoms with Crippen LogP contribution in [0.1, 0.15) is 0 Å². The van der Waals surface area contributed by atoms with E-state index in [1.165, 1.54) is 0 Å². The molecular formula is C6H18O2Si2. The van der Waals surface area contributed by atoms with Crippen molar-refractivity contribution in [1.82, 2.24) is 0 Å². The van der Waals surface area contributed by atoms with Gasteiger partial charge in [-0.05, 0) is 26.2 Å². The standard InChI is InChI=1S/C6H18O2Si2/c1-9(2)7-5-6-8-10(3)4/h9-10H,5-6H2,1-4H3. The molecule has 4 heteroatoms. The molecule has 0 aliphatic rings. The van der Waals surface area contributed by atoms with E-state index in [9.17, 15) is 0 Å². The van der Waals surface area contributed by atoms with Crippen molar-refractivity contribution in [3.05, 3.63) is 0 Å². The second-order valence-electron chi connectivity index (χ2n) is 2.84. The van der Waals surface area contributed by atoms with E-state index in [0.29, 0.717) is 0 Å². The van der Waals surface area contributed by atoms with Crippen molar-refractivity contribution in [2.45, 2.75) is 26.2 Å². The maximum Gasteiger partial charge on any atom is 0.171 e. The summed E-state index contributed by atoms with van der Waals surface area (Å²) >= 11 is 0. The monoisotopic (exact) mass is 178 g/mol. The first kappa shape index (κ1) is 10.4. The first-order valence-corrected chi connectivity index (χ1v) is 9.42. The Morgan fingerprint density at radius 3 is 1.30 bits per heavy atom. The molecule has 0 bridgehead atoms. The van der Waals surface area contributed by atoms with E-state index in [-0.39, 0.29) is 0 Å². The van der Waals surface area contributed by atoms with Gasteiger partial charge in [0, 0.05) is 0 Å². The van der Waals surface area contributed by atoms with E-state index in [4.69, 9.17) is 8.85 Å². The number of hydrogen-bond donors (Lipinski definition) is 0. The summed E-state index contributed by atoms with van der Waals surface area (Å²) in [5.74, 6) is 0. The Morgan fingerprint density at radius 1 is 0.800 bits per heavy atom. The van der Waals surface area contributed by atoms with Gasteiger partial charge in [0.1, 0.15) is 0 Å². The third-order valence-corrected chi connectivity index (χ3v) is 2.79. The Morgan fingerprint density at radius 2 is 1.10 bits per heavy atom. The Hall–Kier alpha value is 0.354. The number of hydrogen-bond acceptors (Lipinski definition) is 2. The summed E-state index contributed by atoms with van der Waals surface area (Å²) in [5.41, 5.74) is 0. The molecule has 0 radical (unpaired) electrons. The fraction of sp³-hybridized carbons (Fsp3) is 1.00. The molecule has 0 saturated carbocycles. The quantitative estimate of drug-likeness (QED) is 0.462. The van der Waals surface area contributed by atoms with Gasteiger partial charge in [0.2, 0.25) is 0 Å². The highest BCUT2D eigenvalue weighted by Crippen LogP contribution is 1.86. The van der Waals surface area contributed by atoms with Crippen LogP contribution in [0, 0.1) is 0 Å². The van der Waals surface area contributed by atoms with E-state index in [0.717, 1.165) is 13.2 Å². The zero-order valence-corrected chi connectivity index (χ0v) is 9.69. The van der Waals surface area contributed by atoms with Crippen LogP contribution in [0.3, 0.4) is 0 Å². The summed E-state index contributed by atoms with van der Waals surface area (Å²) in [6, 6.07) is 0. The lowest BCUT2D eigenvalue weighted by atomic mass is 10.8. The van der Waals surface area contributed by atoms with Gasteiger partial charge < -0.3 is 8.85 Å². The average Bonchev–Trinajstić information content (AvgIpc) is 1.79. The van der Waals surface area contributed by atoms with Crippen molar-refractivity contribution in [3.8, 4) is 0 Å². The molecule has 0 aromatic heterocycles. The van der Waals surface area contributed by atoms with Gasteiger partial charge in [-0.25, -0.2) is 0 Å². The first-order valence-electron chi connectivity index (χ1n) is 3.86. The third-order valence-electron chi connectivity index (χ3n) is 0.986. The molecule has 0 heterocycles. The maximum absolute atomic E-state index is 5.43. The predicted octanol–water partition coefficient (Wildman–Crippen LogP) is 0.986. The van der Waals surface area contributed by atoms with Crippen LogP contribution < -0.4 is 0 Å². The Bertz CT molecular complexity index is 66.1. The molecule has 0 rings (SSSR count). The van der Waals surface area contributed by atoms with E-state index >= 15 is 0 Å². The van der Waals surface area contributed by atoms with Gasteiger partial charge >= 0.3 is 0 Å². The molecule has 0 aliphatic heterocycles. The highest BCUT2D eigenvalue weighted by molar-refractivity contribution is 6.48. The van der Waals surface area contributed by atoms with Crippen LogP contribution in [0.15, 0.2) is 0 Å². The summed E-state index contributed by atoms with van der Waals surface area (Å²) in [6.45, 7) is 10.3. The zero-order valence-electron chi connectivity index (χ0n) is 7.39. The van der Waals surface area contributed by atoms with Crippen LogP contribution in [0.4, 0.5) is 0 Å². The molecule has 0 aromatic rings. The molecule has 0 amide bonds. The first-order chi connectivity index (χ1) is 4.63. The maximum atomic E-state index is 5.43. The lowest BCUT2D eigenvalue weighted by molar-refractivity contribution is 0.221. The summed E-state index contributed by atoms with van der Waals surface area (Å²) < 4.78 is 10.9. The smallest absolute Gasteiger partial charge is 0.171 e. The van der Waals surface area contributed by atoms with Crippen molar-refractivity contribution in [3.63, 3.8) is 0 Å². The summed E-state index contributed by atoms with van der Waals surface area (Å²) in [6.07, 6.45) is 0. The van der Waals surface area contributed by atoms with Gasteiger partial charge in [-0.1, -0.05) is 0 Å². The van der Waals surface area contributed by atoms with Crippen LogP contribution in [0.5, 0.6) is 0 Å². The SMILES string of the molecule is C[SiH](C)OCCO[SiH](C)C. The van der Waals surface area contributed by atoms with Crippen molar-refractivity contribution in [1.29, 1.82) is 0 Å². The lowest BCUT2D eigenvalue weighted by Gasteiger charge is -2.08. The molecule has 10 heavy (non-hydrogen) atoms. The van der Waals surface area contributed by atoms with Crippen LogP contribution >= 0.6 is 0 Å². The third kappa shape index (κ3) is 8.35. The Kier molecular flexibility index (Phi) is 6.30. The van der Waals surface area contributed by atoms with Gasteiger partial charge in [0.05, 0.1) is 13.2 Å². The normalized spacial score (nSPS) is 11.4. The lowest BCUT2D eigenvalue weighted by Crippen LogP contribution is -2.16. The van der Waals surface area contributed by atoms with E-state index in [2.05, 4.69) is 26.2 Å². The van der Waals surface area contributed by atoms with Gasteiger partial charge in [0.15, 0.2) is 18.1 Å². The second kappa shape index (κ2) is 6.09. The summed E-state index contributed by atoms with van der Waals surface area (Å²) in [5, 5.41) is 0. The molecule has 0 aliphatic carbocycles. The molecule has 0 N–H and O–H groups in total. The molecule has 0 fully saturated rings. The van der Waals surface area contributed by atoms with E-state index in [1.54, 1.807) is 0 Å². The Labute approximate surface area is 67.0 Å². The van der Waals surface area contributed by atoms with Gasteiger partial charge in [-0.3, -0.25) is 0 Å². The van der Waals surface area contributed by atoms with E-state index < -0.39 is 18.1 Å². The highest BCUT2D eigenvalue weighted by atomic mass is 28.3. The fourth-order valence-corrected chi connectivity index (χ4v) is 1.70. The molecule has 0 spiro atoms. The van der Waals surface area contributed by atoms with Gasteiger partial charge in [0.25, 0.3) is 0 Å². The molecule has 0 atom stereocenters. The largest absolute Gasteiger partial charge is 0.418 e. The van der Waals surface area contributed by atoms with Crippen molar-refractivity contribution >= 4 is 18.1 Å². The van der Waals surface area contributed by atoms with Gasteiger partial charge in [-0.2, -0.15) is 0 Å². The molecule has 0 aromatic carbocycles. The summed E-state index contributed by atoms with van der Waals surface area (Å²) in [4.78, 5) is 0. The number of rotatable bonds is 5. The molecule has 0 unspecified atom stereocenters. The molecule has 62 valence electrons. The minimum Gasteiger partial charge on any atom is -0.418 e. The minimum atomic E-state index is -0.798. The molecule has 2 nitrogen and oxygen atoms in total. The van der Waals surface area contributed by atoms with Gasteiger partial charge in [-0.15, -0.1) is 0 Å².